The molecule has 1 aliphatic heterocycles. The normalized spacial score (nSPS) is 14.3. The van der Waals surface area contributed by atoms with Crippen LogP contribution in [0.3, 0.4) is 0 Å². The lowest BCUT2D eigenvalue weighted by molar-refractivity contribution is -0.136. The van der Waals surface area contributed by atoms with Crippen LogP contribution in [-0.4, -0.2) is 23.3 Å². The van der Waals surface area contributed by atoms with Gasteiger partial charge in [0.1, 0.15) is 5.70 Å². The van der Waals surface area contributed by atoms with Crippen LogP contribution in [0.5, 0.6) is 0 Å². The van der Waals surface area contributed by atoms with Crippen LogP contribution in [0.25, 0.3) is 5.57 Å². The first-order valence-corrected chi connectivity index (χ1v) is 9.42. The second kappa shape index (κ2) is 7.57. The van der Waals surface area contributed by atoms with Crippen LogP contribution in [0.4, 0.5) is 5.69 Å². The van der Waals surface area contributed by atoms with E-state index in [1.807, 2.05) is 52.0 Å². The fourth-order valence-corrected chi connectivity index (χ4v) is 3.32. The largest absolute Gasteiger partial charge is 0.350 e. The number of anilines is 1. The molecule has 140 valence electrons. The number of aryl methyl sites for hydroxylation is 3. The Kier molecular flexibility index (Phi) is 5.38. The van der Waals surface area contributed by atoms with E-state index in [2.05, 4.69) is 5.32 Å². The Labute approximate surface area is 164 Å². The zero-order valence-corrected chi connectivity index (χ0v) is 16.8. The predicted molar refractivity (Wildman–Crippen MR) is 110 cm³/mol. The van der Waals surface area contributed by atoms with Gasteiger partial charge in [0.05, 0.1) is 5.57 Å². The summed E-state index contributed by atoms with van der Waals surface area (Å²) in [5, 5.41) is 3.75. The van der Waals surface area contributed by atoms with E-state index in [1.54, 1.807) is 12.1 Å². The standard InChI is InChI=1S/C22H23ClN2O2/c1-5-10-25-21(26)19(16-8-6-13(2)15(4)11-16)20(22(25)27)24-18-12-17(23)9-7-14(18)3/h6-9,11-12,24H,5,10H2,1-4H3. The first kappa shape index (κ1) is 19.2. The van der Waals surface area contributed by atoms with Crippen molar-refractivity contribution in [2.24, 2.45) is 0 Å². The average molecular weight is 383 g/mol. The zero-order valence-electron chi connectivity index (χ0n) is 16.0. The lowest BCUT2D eigenvalue weighted by atomic mass is 9.99. The SMILES string of the molecule is CCCN1C(=O)C(Nc2cc(Cl)ccc2C)=C(c2ccc(C)c(C)c2)C1=O. The van der Waals surface area contributed by atoms with Crippen molar-refractivity contribution in [2.45, 2.75) is 34.1 Å². The number of hydrogen-bond acceptors (Lipinski definition) is 3. The molecule has 2 amide bonds. The summed E-state index contributed by atoms with van der Waals surface area (Å²) in [4.78, 5) is 27.3. The Bertz CT molecular complexity index is 963. The molecule has 5 heteroatoms. The fourth-order valence-electron chi connectivity index (χ4n) is 3.15. The Balaban J connectivity index is 2.14. The average Bonchev–Trinajstić information content (AvgIpc) is 2.85. The van der Waals surface area contributed by atoms with Crippen LogP contribution in [0.15, 0.2) is 42.1 Å². The minimum absolute atomic E-state index is 0.257. The van der Waals surface area contributed by atoms with Gasteiger partial charge in [0.2, 0.25) is 0 Å². The number of halogens is 1. The molecule has 0 fully saturated rings. The monoisotopic (exact) mass is 382 g/mol. The summed E-state index contributed by atoms with van der Waals surface area (Å²) >= 11 is 6.12. The molecule has 0 unspecified atom stereocenters. The van der Waals surface area contributed by atoms with Crippen LogP contribution in [-0.2, 0) is 9.59 Å². The summed E-state index contributed by atoms with van der Waals surface area (Å²) < 4.78 is 0. The van der Waals surface area contributed by atoms with Gasteiger partial charge in [-0.2, -0.15) is 0 Å². The number of nitrogens with one attached hydrogen (secondary N) is 1. The molecule has 2 aromatic carbocycles. The van der Waals surface area contributed by atoms with Gasteiger partial charge in [-0.25, -0.2) is 0 Å². The topological polar surface area (TPSA) is 49.4 Å². The number of amides is 2. The van der Waals surface area contributed by atoms with Crippen LogP contribution >= 0.6 is 11.6 Å². The molecule has 4 nitrogen and oxygen atoms in total. The summed E-state index contributed by atoms with van der Waals surface area (Å²) in [6, 6.07) is 11.3. The highest BCUT2D eigenvalue weighted by atomic mass is 35.5. The molecule has 1 heterocycles. The Morgan fingerprint density at radius 2 is 1.63 bits per heavy atom. The lowest BCUT2D eigenvalue weighted by Gasteiger charge is -2.14. The zero-order chi connectivity index (χ0) is 19.7. The number of benzene rings is 2. The minimum atomic E-state index is -0.297. The van der Waals surface area contributed by atoms with E-state index in [-0.39, 0.29) is 11.8 Å². The number of nitrogens with zero attached hydrogens (tertiary/aromatic N) is 1. The number of carbonyl (C=O) groups excluding carboxylic acids is 2. The summed E-state index contributed by atoms with van der Waals surface area (Å²) in [5.41, 5.74) is 5.35. The van der Waals surface area contributed by atoms with Gasteiger partial charge < -0.3 is 5.32 Å². The van der Waals surface area contributed by atoms with Crippen molar-refractivity contribution < 1.29 is 9.59 Å². The Morgan fingerprint density at radius 1 is 0.926 bits per heavy atom. The van der Waals surface area contributed by atoms with E-state index >= 15 is 0 Å². The molecular formula is C22H23ClN2O2. The Hall–Kier alpha value is -2.59. The van der Waals surface area contributed by atoms with E-state index in [0.717, 1.165) is 27.9 Å². The van der Waals surface area contributed by atoms with Gasteiger partial charge in [-0.3, -0.25) is 14.5 Å². The molecule has 0 atom stereocenters. The van der Waals surface area contributed by atoms with Crippen molar-refractivity contribution >= 4 is 34.7 Å². The van der Waals surface area contributed by atoms with Crippen molar-refractivity contribution in [1.82, 2.24) is 4.90 Å². The summed E-state index contributed by atoms with van der Waals surface area (Å²) in [6.45, 7) is 8.29. The highest BCUT2D eigenvalue weighted by Gasteiger charge is 2.38. The summed E-state index contributed by atoms with van der Waals surface area (Å²) in [7, 11) is 0. The molecule has 0 aromatic heterocycles. The molecule has 0 radical (unpaired) electrons. The Morgan fingerprint density at radius 3 is 2.30 bits per heavy atom. The second-order valence-electron chi connectivity index (χ2n) is 6.90. The third-order valence-corrected chi connectivity index (χ3v) is 5.11. The molecule has 2 aromatic rings. The van der Waals surface area contributed by atoms with Crippen molar-refractivity contribution in [2.75, 3.05) is 11.9 Å². The third-order valence-electron chi connectivity index (χ3n) is 4.87. The molecule has 0 saturated carbocycles. The maximum absolute atomic E-state index is 13.0. The second-order valence-corrected chi connectivity index (χ2v) is 7.33. The molecule has 0 saturated heterocycles. The van der Waals surface area contributed by atoms with Gasteiger partial charge in [-0.15, -0.1) is 0 Å². The van der Waals surface area contributed by atoms with E-state index in [0.29, 0.717) is 29.3 Å². The molecular weight excluding hydrogens is 360 g/mol. The molecule has 0 bridgehead atoms. The number of rotatable bonds is 5. The quantitative estimate of drug-likeness (QED) is 0.750. The fraction of sp³-hybridized carbons (Fsp3) is 0.273. The van der Waals surface area contributed by atoms with E-state index in [4.69, 9.17) is 11.6 Å². The van der Waals surface area contributed by atoms with Crippen molar-refractivity contribution in [1.29, 1.82) is 0 Å². The minimum Gasteiger partial charge on any atom is -0.350 e. The lowest BCUT2D eigenvalue weighted by Crippen LogP contribution is -2.33. The van der Waals surface area contributed by atoms with Crippen LogP contribution in [0.1, 0.15) is 35.6 Å². The highest BCUT2D eigenvalue weighted by molar-refractivity contribution is 6.36. The van der Waals surface area contributed by atoms with Gasteiger partial charge in [-0.1, -0.05) is 42.8 Å². The molecule has 27 heavy (non-hydrogen) atoms. The third kappa shape index (κ3) is 3.62. The summed E-state index contributed by atoms with van der Waals surface area (Å²) in [6.07, 6.45) is 0.709. The van der Waals surface area contributed by atoms with E-state index < -0.39 is 0 Å². The smallest absolute Gasteiger partial charge is 0.278 e. The number of carbonyl (C=O) groups is 2. The van der Waals surface area contributed by atoms with Crippen LogP contribution < -0.4 is 5.32 Å². The molecule has 0 aliphatic carbocycles. The first-order valence-electron chi connectivity index (χ1n) is 9.04. The van der Waals surface area contributed by atoms with E-state index in [1.165, 1.54) is 4.90 Å². The van der Waals surface area contributed by atoms with Crippen LogP contribution in [0.2, 0.25) is 5.02 Å². The number of imide groups is 1. The molecule has 0 spiro atoms. The predicted octanol–water partition coefficient (Wildman–Crippen LogP) is 4.87. The van der Waals surface area contributed by atoms with Crippen molar-refractivity contribution in [3.8, 4) is 0 Å². The molecule has 1 N–H and O–H groups in total. The van der Waals surface area contributed by atoms with Gasteiger partial charge in [0, 0.05) is 17.3 Å². The molecule has 1 aliphatic rings. The maximum Gasteiger partial charge on any atom is 0.278 e. The van der Waals surface area contributed by atoms with Crippen molar-refractivity contribution in [3.05, 3.63) is 69.4 Å². The van der Waals surface area contributed by atoms with E-state index in [9.17, 15) is 9.59 Å². The van der Waals surface area contributed by atoms with Gasteiger partial charge in [-0.05, 0) is 61.6 Å². The van der Waals surface area contributed by atoms with Crippen molar-refractivity contribution in [3.63, 3.8) is 0 Å². The molecule has 3 rings (SSSR count). The maximum atomic E-state index is 13.0. The van der Waals surface area contributed by atoms with Gasteiger partial charge >= 0.3 is 0 Å². The highest BCUT2D eigenvalue weighted by Crippen LogP contribution is 2.32. The van der Waals surface area contributed by atoms with Gasteiger partial charge in [0.15, 0.2) is 0 Å². The first-order chi connectivity index (χ1) is 12.8. The summed E-state index contributed by atoms with van der Waals surface area (Å²) in [5.74, 6) is -0.554. The van der Waals surface area contributed by atoms with Gasteiger partial charge in [0.25, 0.3) is 11.8 Å². The van der Waals surface area contributed by atoms with Crippen LogP contribution in [0, 0.1) is 20.8 Å². The number of hydrogen-bond donors (Lipinski definition) is 1.